The third kappa shape index (κ3) is 6.26. The predicted octanol–water partition coefficient (Wildman–Crippen LogP) is 7.41. The van der Waals surface area contributed by atoms with Crippen LogP contribution in [0.25, 0.3) is 17.0 Å². The van der Waals surface area contributed by atoms with Gasteiger partial charge in [0.1, 0.15) is 5.75 Å². The molecule has 1 atom stereocenters. The van der Waals surface area contributed by atoms with E-state index in [0.717, 1.165) is 29.3 Å². The molecule has 0 amide bonds. The Morgan fingerprint density at radius 1 is 1.13 bits per heavy atom. The minimum atomic E-state index is -0.382. The van der Waals surface area contributed by atoms with E-state index < -0.39 is 0 Å². The second-order valence-electron chi connectivity index (χ2n) is 8.23. The van der Waals surface area contributed by atoms with Crippen LogP contribution in [0.1, 0.15) is 49.5 Å². The van der Waals surface area contributed by atoms with E-state index in [4.69, 9.17) is 4.74 Å². The van der Waals surface area contributed by atoms with Crippen LogP contribution in [0, 0.1) is 5.41 Å². The van der Waals surface area contributed by atoms with Gasteiger partial charge in [-0.1, -0.05) is 55.0 Å². The number of allylic oxidation sites excluding steroid dienone is 4. The van der Waals surface area contributed by atoms with Gasteiger partial charge in [0.25, 0.3) is 0 Å². The van der Waals surface area contributed by atoms with Crippen LogP contribution in [0.15, 0.2) is 91.2 Å². The quantitative estimate of drug-likeness (QED) is 0.220. The number of benzene rings is 2. The normalized spacial score (nSPS) is 13.0. The van der Waals surface area contributed by atoms with Gasteiger partial charge in [-0.3, -0.25) is 4.98 Å². The molecule has 0 saturated carbocycles. The average Bonchev–Trinajstić information content (AvgIpc) is 2.78. The van der Waals surface area contributed by atoms with E-state index in [1.54, 1.807) is 18.3 Å². The molecule has 0 aliphatic rings. The van der Waals surface area contributed by atoms with Crippen LogP contribution in [-0.4, -0.2) is 11.0 Å². The molecule has 1 aromatic heterocycles. The Labute approximate surface area is 184 Å². The molecule has 3 nitrogen and oxygen atoms in total. The van der Waals surface area contributed by atoms with Gasteiger partial charge in [0.15, 0.2) is 0 Å². The third-order valence-electron chi connectivity index (χ3n) is 5.29. The summed E-state index contributed by atoms with van der Waals surface area (Å²) in [6.45, 7) is 10.4. The second kappa shape index (κ2) is 10.0. The summed E-state index contributed by atoms with van der Waals surface area (Å²) in [5.41, 5.74) is 3.67. The van der Waals surface area contributed by atoms with Crippen LogP contribution in [0.4, 0.5) is 0 Å². The molecular weight excluding hydrogens is 382 g/mol. The minimum absolute atomic E-state index is 0.0674. The Kier molecular flexibility index (Phi) is 7.19. The second-order valence-corrected chi connectivity index (χ2v) is 8.23. The van der Waals surface area contributed by atoms with Crippen LogP contribution in [0.5, 0.6) is 5.75 Å². The maximum absolute atomic E-state index is 12.5. The molecule has 1 heterocycles. The van der Waals surface area contributed by atoms with Gasteiger partial charge in [-0.05, 0) is 68.7 Å². The van der Waals surface area contributed by atoms with Gasteiger partial charge in [-0.15, -0.1) is 6.58 Å². The Morgan fingerprint density at radius 2 is 1.90 bits per heavy atom. The van der Waals surface area contributed by atoms with Gasteiger partial charge in [-0.25, -0.2) is 4.79 Å². The molecule has 0 aliphatic heterocycles. The molecule has 0 fully saturated rings. The highest BCUT2D eigenvalue weighted by atomic mass is 16.5. The number of esters is 1. The number of fused-ring (bicyclic) bond motifs is 1. The number of hydrogen-bond acceptors (Lipinski definition) is 3. The molecule has 3 heteroatoms. The summed E-state index contributed by atoms with van der Waals surface area (Å²) in [7, 11) is 0. The molecule has 0 unspecified atom stereocenters. The smallest absolute Gasteiger partial charge is 0.343 e. The lowest BCUT2D eigenvalue weighted by atomic mass is 9.84. The molecule has 0 spiro atoms. The summed E-state index contributed by atoms with van der Waals surface area (Å²) in [5.74, 6) is 0.135. The van der Waals surface area contributed by atoms with Crippen LogP contribution >= 0.6 is 0 Å². The third-order valence-corrected chi connectivity index (χ3v) is 5.29. The molecular formula is C28H29NO2. The zero-order chi connectivity index (χ0) is 22.3. The Hall–Kier alpha value is -3.46. The largest absolute Gasteiger partial charge is 0.423 e. The fraction of sp³-hybridized carbons (Fsp3) is 0.214. The van der Waals surface area contributed by atoms with Crippen LogP contribution < -0.4 is 4.74 Å². The van der Waals surface area contributed by atoms with Crippen LogP contribution in [0.3, 0.4) is 0 Å². The van der Waals surface area contributed by atoms with Gasteiger partial charge in [0.2, 0.25) is 0 Å². The number of rotatable bonds is 8. The topological polar surface area (TPSA) is 39.2 Å². The van der Waals surface area contributed by atoms with Gasteiger partial charge < -0.3 is 4.74 Å². The van der Waals surface area contributed by atoms with E-state index in [1.807, 2.05) is 48.5 Å². The fourth-order valence-corrected chi connectivity index (χ4v) is 3.23. The SMILES string of the molecule is C=C[C@@](C)(/C=C/c1ccc(OC(=O)c2ccc3ncccc3c2)cc1)CCC=C(C)C. The van der Waals surface area contributed by atoms with E-state index in [1.165, 1.54) is 5.57 Å². The Balaban J connectivity index is 1.64. The average molecular weight is 412 g/mol. The zero-order valence-corrected chi connectivity index (χ0v) is 18.5. The standard InChI is InChI=1S/C28H29NO2/c1-5-28(4,17-6-8-21(2)3)18-16-22-10-13-25(14-11-22)31-27(30)24-12-15-26-23(20-24)9-7-19-29-26/h5,7-16,18-20H,1,6,17H2,2-4H3/b18-16+/t28-/m1/s1. The zero-order valence-electron chi connectivity index (χ0n) is 18.5. The molecule has 158 valence electrons. The molecule has 0 N–H and O–H groups in total. The fourth-order valence-electron chi connectivity index (χ4n) is 3.23. The molecule has 31 heavy (non-hydrogen) atoms. The molecule has 0 radical (unpaired) electrons. The molecule has 0 bridgehead atoms. The maximum atomic E-state index is 12.5. The molecule has 3 rings (SSSR count). The number of hydrogen-bond donors (Lipinski definition) is 0. The van der Waals surface area contributed by atoms with Crippen molar-refractivity contribution in [1.29, 1.82) is 0 Å². The predicted molar refractivity (Wildman–Crippen MR) is 129 cm³/mol. The lowest BCUT2D eigenvalue weighted by Gasteiger charge is -2.20. The molecule has 0 saturated heterocycles. The highest BCUT2D eigenvalue weighted by molar-refractivity contribution is 5.95. The number of ether oxygens (including phenoxy) is 1. The summed E-state index contributed by atoms with van der Waals surface area (Å²) < 4.78 is 5.54. The van der Waals surface area contributed by atoms with Crippen molar-refractivity contribution in [2.45, 2.75) is 33.6 Å². The number of carbonyl (C=O) groups excluding carboxylic acids is 1. The van der Waals surface area contributed by atoms with Crippen molar-refractivity contribution in [2.24, 2.45) is 5.41 Å². The summed E-state index contributed by atoms with van der Waals surface area (Å²) in [4.78, 5) is 16.8. The van der Waals surface area contributed by atoms with E-state index in [-0.39, 0.29) is 11.4 Å². The van der Waals surface area contributed by atoms with E-state index in [9.17, 15) is 4.79 Å². The lowest BCUT2D eigenvalue weighted by Crippen LogP contribution is -2.08. The van der Waals surface area contributed by atoms with Crippen molar-refractivity contribution in [2.75, 3.05) is 0 Å². The summed E-state index contributed by atoms with van der Waals surface area (Å²) in [6, 6.07) is 16.7. The first-order valence-electron chi connectivity index (χ1n) is 10.5. The Morgan fingerprint density at radius 3 is 2.61 bits per heavy atom. The number of nitrogens with zero attached hydrogens (tertiary/aromatic N) is 1. The van der Waals surface area contributed by atoms with Crippen LogP contribution in [0.2, 0.25) is 0 Å². The monoisotopic (exact) mass is 411 g/mol. The summed E-state index contributed by atoms with van der Waals surface area (Å²) >= 11 is 0. The lowest BCUT2D eigenvalue weighted by molar-refractivity contribution is 0.0735. The first-order chi connectivity index (χ1) is 14.9. The van der Waals surface area contributed by atoms with Crippen molar-refractivity contribution in [3.63, 3.8) is 0 Å². The highest BCUT2D eigenvalue weighted by Crippen LogP contribution is 2.28. The minimum Gasteiger partial charge on any atom is -0.423 e. The van der Waals surface area contributed by atoms with Crippen molar-refractivity contribution in [3.8, 4) is 5.75 Å². The maximum Gasteiger partial charge on any atom is 0.343 e. The van der Waals surface area contributed by atoms with Gasteiger partial charge in [0.05, 0.1) is 11.1 Å². The van der Waals surface area contributed by atoms with Gasteiger partial charge >= 0.3 is 5.97 Å². The number of pyridine rings is 1. The van der Waals surface area contributed by atoms with E-state index in [0.29, 0.717) is 11.3 Å². The summed E-state index contributed by atoms with van der Waals surface area (Å²) in [5, 5.41) is 0.910. The van der Waals surface area contributed by atoms with Crippen molar-refractivity contribution < 1.29 is 9.53 Å². The first kappa shape index (κ1) is 22.2. The summed E-state index contributed by atoms with van der Waals surface area (Å²) in [6.07, 6.45) is 12.3. The number of aromatic nitrogens is 1. The van der Waals surface area contributed by atoms with Crippen LogP contribution in [-0.2, 0) is 0 Å². The van der Waals surface area contributed by atoms with Crippen molar-refractivity contribution in [3.05, 3.63) is 102 Å². The molecule has 3 aromatic rings. The van der Waals surface area contributed by atoms with Gasteiger partial charge in [0, 0.05) is 17.0 Å². The van der Waals surface area contributed by atoms with Crippen molar-refractivity contribution >= 4 is 22.9 Å². The molecule has 0 aliphatic carbocycles. The Bertz CT molecular complexity index is 1120. The number of carbonyl (C=O) groups is 1. The van der Waals surface area contributed by atoms with E-state index >= 15 is 0 Å². The van der Waals surface area contributed by atoms with Gasteiger partial charge in [-0.2, -0.15) is 0 Å². The first-order valence-corrected chi connectivity index (χ1v) is 10.5. The highest BCUT2D eigenvalue weighted by Gasteiger charge is 2.15. The van der Waals surface area contributed by atoms with Crippen molar-refractivity contribution in [1.82, 2.24) is 4.98 Å². The molecule has 2 aromatic carbocycles. The van der Waals surface area contributed by atoms with E-state index in [2.05, 4.69) is 50.6 Å².